The molecule has 2 heterocycles. The molecule has 2 rings (SSSR count). The van der Waals surface area contributed by atoms with E-state index in [1.165, 1.54) is 5.56 Å². The second kappa shape index (κ2) is 1.41. The van der Waals surface area contributed by atoms with Gasteiger partial charge in [-0.1, -0.05) is 0 Å². The number of nitrogens with zero attached hydrogens (tertiary/aromatic N) is 2. The molecule has 44 valence electrons. The molecule has 0 radical (unpaired) electrons. The summed E-state index contributed by atoms with van der Waals surface area (Å²) in [7, 11) is 0. The maximum absolute atomic E-state index is 4.07. The zero-order chi connectivity index (χ0) is 6.27. The van der Waals surface area contributed by atoms with E-state index in [1.807, 2.05) is 19.3 Å². The Kier molecular flexibility index (Phi) is 0.730. The molecule has 1 aliphatic rings. The highest BCUT2D eigenvalue weighted by Crippen LogP contribution is 1.85. The number of hydrogen-bond acceptors (Lipinski definition) is 2. The quantitative estimate of drug-likeness (QED) is 0.461. The Balaban J connectivity index is 2.88. The summed E-state index contributed by atoms with van der Waals surface area (Å²) in [4.78, 5) is 8.00. The van der Waals surface area contributed by atoms with Gasteiger partial charge in [0, 0.05) is 17.6 Å². The third kappa shape index (κ3) is 0.560. The first-order chi connectivity index (χ1) is 4.36. The molecule has 0 bridgehead atoms. The first kappa shape index (κ1) is 4.68. The largest absolute Gasteiger partial charge is 0.236 e. The van der Waals surface area contributed by atoms with Gasteiger partial charge in [-0.3, -0.25) is 0 Å². The van der Waals surface area contributed by atoms with Crippen LogP contribution in [0.2, 0.25) is 0 Å². The van der Waals surface area contributed by atoms with Gasteiger partial charge >= 0.3 is 0 Å². The Morgan fingerprint density at radius 3 is 2.78 bits per heavy atom. The Hall–Kier alpha value is -1.18. The number of hydrogen-bond donors (Lipinski definition) is 0. The first-order valence-corrected chi connectivity index (χ1v) is 2.87. The van der Waals surface area contributed by atoms with Crippen LogP contribution in [0.15, 0.2) is 17.3 Å². The lowest BCUT2D eigenvalue weighted by Crippen LogP contribution is -2.33. The molecule has 0 aliphatic carbocycles. The van der Waals surface area contributed by atoms with Gasteiger partial charge in [0.15, 0.2) is 5.49 Å². The van der Waals surface area contributed by atoms with E-state index in [2.05, 4.69) is 16.0 Å². The monoisotopic (exact) mass is 118 g/mol. The Labute approximate surface area is 52.6 Å². The van der Waals surface area contributed by atoms with Crippen molar-refractivity contribution in [3.8, 4) is 0 Å². The minimum absolute atomic E-state index is 0.876. The van der Waals surface area contributed by atoms with E-state index in [9.17, 15) is 0 Å². The summed E-state index contributed by atoms with van der Waals surface area (Å²) >= 11 is 0. The number of pyridine rings is 1. The van der Waals surface area contributed by atoms with Crippen LogP contribution in [0.4, 0.5) is 0 Å². The molecule has 1 aromatic rings. The fraction of sp³-hybridized carbons (Fsp3) is 0.143. The summed E-state index contributed by atoms with van der Waals surface area (Å²) in [5, 5.41) is 1.16. The molecule has 1 aliphatic heterocycles. The fourth-order valence-electron chi connectivity index (χ4n) is 0.852. The molecule has 0 saturated heterocycles. The molecule has 0 N–H and O–H groups in total. The Morgan fingerprint density at radius 1 is 1.44 bits per heavy atom. The van der Waals surface area contributed by atoms with Crippen LogP contribution in [0.25, 0.3) is 6.20 Å². The number of aromatic nitrogens is 1. The smallest absolute Gasteiger partial charge is 0.160 e. The van der Waals surface area contributed by atoms with Crippen molar-refractivity contribution >= 4 is 6.20 Å². The molecular weight excluding hydrogens is 112 g/mol. The Bertz CT molecular complexity index is 352. The molecule has 2 nitrogen and oxygen atoms in total. The highest BCUT2D eigenvalue weighted by molar-refractivity contribution is 5.28. The molecule has 0 amide bonds. The predicted octanol–water partition coefficient (Wildman–Crippen LogP) is -0.239. The molecule has 0 unspecified atom stereocenters. The number of aryl methyl sites for hydroxylation is 1. The third-order valence-electron chi connectivity index (χ3n) is 1.36. The van der Waals surface area contributed by atoms with Crippen molar-refractivity contribution in [2.75, 3.05) is 0 Å². The minimum Gasteiger partial charge on any atom is -0.236 e. The van der Waals surface area contributed by atoms with Crippen molar-refractivity contribution in [1.82, 2.24) is 4.98 Å². The van der Waals surface area contributed by atoms with Gasteiger partial charge in [0.1, 0.15) is 0 Å². The SMILES string of the molecule is Cc1cnc2c(c1)=CN=2. The predicted molar refractivity (Wildman–Crippen MR) is 34.2 cm³/mol. The van der Waals surface area contributed by atoms with Crippen molar-refractivity contribution in [1.29, 1.82) is 0 Å². The lowest BCUT2D eigenvalue weighted by molar-refractivity contribution is 1.07. The molecule has 0 atom stereocenters. The maximum Gasteiger partial charge on any atom is 0.160 e. The standard InChI is InChI=1S/C7H6N2/c1-5-2-6-4-9-7(6)8-3-5/h2-4H,1H3. The minimum atomic E-state index is 0.876. The third-order valence-corrected chi connectivity index (χ3v) is 1.36. The van der Waals surface area contributed by atoms with Gasteiger partial charge in [0.2, 0.25) is 0 Å². The van der Waals surface area contributed by atoms with Gasteiger partial charge < -0.3 is 0 Å². The van der Waals surface area contributed by atoms with Crippen molar-refractivity contribution in [2.45, 2.75) is 6.92 Å². The van der Waals surface area contributed by atoms with Gasteiger partial charge in [-0.05, 0) is 18.6 Å². The van der Waals surface area contributed by atoms with Crippen LogP contribution in [-0.4, -0.2) is 4.98 Å². The summed E-state index contributed by atoms with van der Waals surface area (Å²) in [5.74, 6) is 0. The topological polar surface area (TPSA) is 25.2 Å². The van der Waals surface area contributed by atoms with Crippen LogP contribution in [0.1, 0.15) is 5.56 Å². The van der Waals surface area contributed by atoms with Crippen LogP contribution in [-0.2, 0) is 0 Å². The van der Waals surface area contributed by atoms with Gasteiger partial charge in [-0.25, -0.2) is 9.98 Å². The average Bonchev–Trinajstić information content (AvgIpc) is 1.78. The zero-order valence-electron chi connectivity index (χ0n) is 5.13. The van der Waals surface area contributed by atoms with Crippen molar-refractivity contribution in [3.05, 3.63) is 28.5 Å². The highest BCUT2D eigenvalue weighted by Gasteiger charge is 1.94. The molecule has 0 fully saturated rings. The molecule has 0 aromatic carbocycles. The zero-order valence-corrected chi connectivity index (χ0v) is 5.13. The molecule has 1 aromatic heterocycles. The van der Waals surface area contributed by atoms with E-state index in [4.69, 9.17) is 0 Å². The van der Waals surface area contributed by atoms with Gasteiger partial charge in [-0.2, -0.15) is 0 Å². The van der Waals surface area contributed by atoms with E-state index in [1.54, 1.807) is 0 Å². The van der Waals surface area contributed by atoms with Gasteiger partial charge in [0.05, 0.1) is 0 Å². The summed E-state index contributed by atoms with van der Waals surface area (Å²) < 4.78 is 0. The van der Waals surface area contributed by atoms with Crippen LogP contribution in [0.3, 0.4) is 0 Å². The van der Waals surface area contributed by atoms with Crippen LogP contribution < -0.4 is 10.7 Å². The maximum atomic E-state index is 4.07. The van der Waals surface area contributed by atoms with Crippen LogP contribution in [0.5, 0.6) is 0 Å². The molecule has 0 saturated carbocycles. The van der Waals surface area contributed by atoms with Crippen molar-refractivity contribution < 1.29 is 0 Å². The normalized spacial score (nSPS) is 12.6. The number of rotatable bonds is 0. The molecular formula is C7H6N2. The average molecular weight is 118 g/mol. The molecule has 0 spiro atoms. The van der Waals surface area contributed by atoms with Gasteiger partial charge in [0.25, 0.3) is 0 Å². The lowest BCUT2D eigenvalue weighted by atomic mass is 10.2. The summed E-state index contributed by atoms with van der Waals surface area (Å²) in [6.45, 7) is 2.03. The Morgan fingerprint density at radius 2 is 2.33 bits per heavy atom. The summed E-state index contributed by atoms with van der Waals surface area (Å²) in [6, 6.07) is 2.08. The number of fused-ring (bicyclic) bond motifs is 1. The lowest BCUT2D eigenvalue weighted by Gasteiger charge is -1.95. The second-order valence-electron chi connectivity index (χ2n) is 2.18. The van der Waals surface area contributed by atoms with Crippen LogP contribution >= 0.6 is 0 Å². The highest BCUT2D eigenvalue weighted by atomic mass is 14.8. The van der Waals surface area contributed by atoms with Gasteiger partial charge in [-0.15, -0.1) is 0 Å². The van der Waals surface area contributed by atoms with E-state index in [0.29, 0.717) is 0 Å². The molecule has 9 heavy (non-hydrogen) atoms. The first-order valence-electron chi connectivity index (χ1n) is 2.87. The second-order valence-corrected chi connectivity index (χ2v) is 2.18. The molecule has 2 heteroatoms. The van der Waals surface area contributed by atoms with Crippen molar-refractivity contribution in [2.24, 2.45) is 4.99 Å². The summed E-state index contributed by atoms with van der Waals surface area (Å²) in [5.41, 5.74) is 2.07. The van der Waals surface area contributed by atoms with E-state index < -0.39 is 0 Å². The van der Waals surface area contributed by atoms with Crippen molar-refractivity contribution in [3.63, 3.8) is 0 Å². The van der Waals surface area contributed by atoms with E-state index >= 15 is 0 Å². The van der Waals surface area contributed by atoms with E-state index in [-0.39, 0.29) is 0 Å². The van der Waals surface area contributed by atoms with Crippen LogP contribution in [0, 0.1) is 6.92 Å². The summed E-state index contributed by atoms with van der Waals surface area (Å²) in [6.07, 6.45) is 3.66. The van der Waals surface area contributed by atoms with E-state index in [0.717, 1.165) is 10.7 Å². The fourth-order valence-corrected chi connectivity index (χ4v) is 0.852.